The van der Waals surface area contributed by atoms with Crippen LogP contribution in [0.2, 0.25) is 5.02 Å². The van der Waals surface area contributed by atoms with Crippen LogP contribution in [0.5, 0.6) is 0 Å². The lowest BCUT2D eigenvalue weighted by Gasteiger charge is -2.41. The molecule has 0 N–H and O–H groups in total. The zero-order valence-corrected chi connectivity index (χ0v) is 20.2. The van der Waals surface area contributed by atoms with Gasteiger partial charge in [0.05, 0.1) is 10.5 Å². The first-order chi connectivity index (χ1) is 15.2. The highest BCUT2D eigenvalue weighted by Gasteiger charge is 2.34. The van der Waals surface area contributed by atoms with Crippen molar-refractivity contribution in [3.63, 3.8) is 0 Å². The van der Waals surface area contributed by atoms with E-state index in [2.05, 4.69) is 0 Å². The maximum atomic E-state index is 13.4. The first-order valence-corrected chi connectivity index (χ1v) is 12.0. The highest BCUT2D eigenvalue weighted by atomic mass is 35.5. The molecule has 6 nitrogen and oxygen atoms in total. The third-order valence-electron chi connectivity index (χ3n) is 6.31. The number of rotatable bonds is 2. The molecule has 0 saturated carbocycles. The molecule has 1 fully saturated rings. The Morgan fingerprint density at radius 3 is 2.66 bits per heavy atom. The lowest BCUT2D eigenvalue weighted by atomic mass is 9.94. The van der Waals surface area contributed by atoms with Gasteiger partial charge in [-0.2, -0.15) is 0 Å². The van der Waals surface area contributed by atoms with Gasteiger partial charge in [0, 0.05) is 42.3 Å². The van der Waals surface area contributed by atoms with Gasteiger partial charge in [-0.25, -0.2) is 4.79 Å². The van der Waals surface area contributed by atoms with Crippen molar-refractivity contribution < 1.29 is 14.3 Å². The SMILES string of the molecule is CCC1CN(C(=O)OC(C)(C)C)CCN1C(=O)c1ccc2c(Cl)c3c(nc2c1)CCCC3. The molecule has 32 heavy (non-hydrogen) atoms. The summed E-state index contributed by atoms with van der Waals surface area (Å²) in [6.07, 6.45) is 4.62. The number of piperazine rings is 1. The quantitative estimate of drug-likeness (QED) is 0.618. The number of carbonyl (C=O) groups excluding carboxylic acids is 2. The molecule has 4 rings (SSSR count). The number of aromatic nitrogens is 1. The summed E-state index contributed by atoms with van der Waals surface area (Å²) in [4.78, 5) is 34.4. The van der Waals surface area contributed by atoms with Crippen LogP contribution in [-0.2, 0) is 17.6 Å². The Bertz CT molecular complexity index is 1050. The third-order valence-corrected chi connectivity index (χ3v) is 6.74. The van der Waals surface area contributed by atoms with Gasteiger partial charge < -0.3 is 14.5 Å². The molecule has 1 aliphatic heterocycles. The number of hydrogen-bond donors (Lipinski definition) is 0. The van der Waals surface area contributed by atoms with E-state index in [1.165, 1.54) is 0 Å². The lowest BCUT2D eigenvalue weighted by Crippen LogP contribution is -2.57. The van der Waals surface area contributed by atoms with Crippen LogP contribution in [0.15, 0.2) is 18.2 Å². The number of pyridine rings is 1. The van der Waals surface area contributed by atoms with Gasteiger partial charge in [0.2, 0.25) is 0 Å². The Kier molecular flexibility index (Phi) is 6.35. The molecule has 2 heterocycles. The summed E-state index contributed by atoms with van der Waals surface area (Å²) < 4.78 is 5.52. The van der Waals surface area contributed by atoms with Crippen molar-refractivity contribution in [2.45, 2.75) is 71.4 Å². The fourth-order valence-corrected chi connectivity index (χ4v) is 4.99. The normalized spacial score (nSPS) is 19.1. The molecular formula is C25H32ClN3O3. The van der Waals surface area contributed by atoms with Crippen molar-refractivity contribution >= 4 is 34.5 Å². The average molecular weight is 458 g/mol. The fourth-order valence-electron chi connectivity index (χ4n) is 4.63. The summed E-state index contributed by atoms with van der Waals surface area (Å²) in [6.45, 7) is 9.03. The van der Waals surface area contributed by atoms with Gasteiger partial charge in [-0.1, -0.05) is 24.6 Å². The summed E-state index contributed by atoms with van der Waals surface area (Å²) in [6, 6.07) is 5.58. The number of halogens is 1. The second kappa shape index (κ2) is 8.89. The van der Waals surface area contributed by atoms with Gasteiger partial charge in [-0.3, -0.25) is 9.78 Å². The Balaban J connectivity index is 1.55. The van der Waals surface area contributed by atoms with Gasteiger partial charge >= 0.3 is 6.09 Å². The van der Waals surface area contributed by atoms with Crippen LogP contribution in [-0.4, -0.2) is 58.1 Å². The van der Waals surface area contributed by atoms with Gasteiger partial charge in [0.15, 0.2) is 0 Å². The van der Waals surface area contributed by atoms with Crippen LogP contribution in [0.25, 0.3) is 10.9 Å². The molecule has 2 amide bonds. The monoisotopic (exact) mass is 457 g/mol. The molecule has 0 radical (unpaired) electrons. The number of aryl methyl sites for hydroxylation is 1. The zero-order chi connectivity index (χ0) is 23.0. The first kappa shape index (κ1) is 22.8. The molecule has 0 spiro atoms. The first-order valence-electron chi connectivity index (χ1n) is 11.6. The smallest absolute Gasteiger partial charge is 0.410 e. The van der Waals surface area contributed by atoms with Crippen molar-refractivity contribution in [3.8, 4) is 0 Å². The number of benzene rings is 1. The Morgan fingerprint density at radius 1 is 1.19 bits per heavy atom. The van der Waals surface area contributed by atoms with Crippen molar-refractivity contribution in [2.24, 2.45) is 0 Å². The van der Waals surface area contributed by atoms with Gasteiger partial charge in [0.1, 0.15) is 5.60 Å². The van der Waals surface area contributed by atoms with E-state index in [0.29, 0.717) is 25.2 Å². The number of ether oxygens (including phenoxy) is 1. The average Bonchev–Trinajstić information content (AvgIpc) is 2.77. The minimum atomic E-state index is -0.537. The van der Waals surface area contributed by atoms with E-state index < -0.39 is 5.60 Å². The van der Waals surface area contributed by atoms with E-state index in [0.717, 1.165) is 59.3 Å². The molecule has 0 bridgehead atoms. The lowest BCUT2D eigenvalue weighted by molar-refractivity contribution is 0.00400. The Labute approximate surface area is 194 Å². The van der Waals surface area contributed by atoms with Crippen LogP contribution < -0.4 is 0 Å². The second-order valence-electron chi connectivity index (χ2n) is 9.78. The minimum absolute atomic E-state index is 0.0294. The number of carbonyl (C=O) groups is 2. The predicted molar refractivity (Wildman–Crippen MR) is 126 cm³/mol. The van der Waals surface area contributed by atoms with Crippen molar-refractivity contribution in [1.29, 1.82) is 0 Å². The molecule has 1 unspecified atom stereocenters. The molecule has 1 aromatic carbocycles. The number of hydrogen-bond acceptors (Lipinski definition) is 4. The van der Waals surface area contributed by atoms with Crippen molar-refractivity contribution in [3.05, 3.63) is 40.0 Å². The summed E-state index contributed by atoms with van der Waals surface area (Å²) in [7, 11) is 0. The highest BCUT2D eigenvalue weighted by Crippen LogP contribution is 2.33. The number of fused-ring (bicyclic) bond motifs is 2. The topological polar surface area (TPSA) is 62.7 Å². The number of amides is 2. The Hall–Kier alpha value is -2.34. The molecule has 1 aromatic heterocycles. The van der Waals surface area contributed by atoms with Crippen LogP contribution in [0.3, 0.4) is 0 Å². The molecule has 1 saturated heterocycles. The fraction of sp³-hybridized carbons (Fsp3) is 0.560. The Morgan fingerprint density at radius 2 is 1.94 bits per heavy atom. The van der Waals surface area contributed by atoms with Crippen LogP contribution >= 0.6 is 11.6 Å². The minimum Gasteiger partial charge on any atom is -0.444 e. The van der Waals surface area contributed by atoms with Gasteiger partial charge in [-0.15, -0.1) is 0 Å². The van der Waals surface area contributed by atoms with E-state index in [4.69, 9.17) is 21.3 Å². The maximum absolute atomic E-state index is 13.4. The maximum Gasteiger partial charge on any atom is 0.410 e. The zero-order valence-electron chi connectivity index (χ0n) is 19.4. The summed E-state index contributed by atoms with van der Waals surface area (Å²) in [5, 5.41) is 1.69. The standard InChI is InChI=1S/C25H32ClN3O3/c1-5-17-15-28(24(31)32-25(2,3)4)12-13-29(17)23(30)16-10-11-19-21(14-16)27-20-9-7-6-8-18(20)22(19)26/h10-11,14,17H,5-9,12-13,15H2,1-4H3. The van der Waals surface area contributed by atoms with E-state index in [1.54, 1.807) is 4.90 Å². The van der Waals surface area contributed by atoms with E-state index in [9.17, 15) is 9.59 Å². The molecule has 1 aliphatic carbocycles. The molecular weight excluding hydrogens is 426 g/mol. The van der Waals surface area contributed by atoms with Gasteiger partial charge in [0.25, 0.3) is 5.91 Å². The molecule has 1 atom stereocenters. The highest BCUT2D eigenvalue weighted by molar-refractivity contribution is 6.36. The van der Waals surface area contributed by atoms with Crippen LogP contribution in [0.1, 0.15) is 68.6 Å². The van der Waals surface area contributed by atoms with Crippen molar-refractivity contribution in [2.75, 3.05) is 19.6 Å². The summed E-state index contributed by atoms with van der Waals surface area (Å²) in [5.41, 5.74) is 3.08. The molecule has 2 aliphatic rings. The largest absolute Gasteiger partial charge is 0.444 e. The van der Waals surface area contributed by atoms with E-state index >= 15 is 0 Å². The van der Waals surface area contributed by atoms with E-state index in [-0.39, 0.29) is 18.0 Å². The third kappa shape index (κ3) is 4.56. The molecule has 2 aromatic rings. The van der Waals surface area contributed by atoms with E-state index in [1.807, 2.05) is 50.8 Å². The molecule has 7 heteroatoms. The predicted octanol–water partition coefficient (Wildman–Crippen LogP) is 5.24. The number of nitrogens with zero attached hydrogens (tertiary/aromatic N) is 3. The van der Waals surface area contributed by atoms with Crippen LogP contribution in [0, 0.1) is 0 Å². The molecule has 172 valence electrons. The van der Waals surface area contributed by atoms with Crippen molar-refractivity contribution in [1.82, 2.24) is 14.8 Å². The second-order valence-corrected chi connectivity index (χ2v) is 10.2. The van der Waals surface area contributed by atoms with Gasteiger partial charge in [-0.05, 0) is 70.6 Å². The summed E-state index contributed by atoms with van der Waals surface area (Å²) >= 11 is 6.69. The van der Waals surface area contributed by atoms with Crippen LogP contribution in [0.4, 0.5) is 4.79 Å². The summed E-state index contributed by atoms with van der Waals surface area (Å²) in [5.74, 6) is -0.0294.